The Morgan fingerprint density at radius 2 is 1.52 bits per heavy atom. The molecule has 1 aromatic rings. The zero-order valence-electron chi connectivity index (χ0n) is 15.5. The van der Waals surface area contributed by atoms with Gasteiger partial charge in [-0.05, 0) is 30.8 Å². The predicted molar refractivity (Wildman–Crippen MR) is 100 cm³/mol. The fourth-order valence-electron chi connectivity index (χ4n) is 3.56. The van der Waals surface area contributed by atoms with Gasteiger partial charge in [-0.2, -0.15) is 0 Å². The molecule has 25 heavy (non-hydrogen) atoms. The van der Waals surface area contributed by atoms with Crippen LogP contribution in [0.3, 0.4) is 0 Å². The van der Waals surface area contributed by atoms with Gasteiger partial charge in [-0.1, -0.05) is 6.92 Å². The van der Waals surface area contributed by atoms with Crippen molar-refractivity contribution in [3.63, 3.8) is 0 Å². The van der Waals surface area contributed by atoms with E-state index < -0.39 is 0 Å². The van der Waals surface area contributed by atoms with Crippen molar-refractivity contribution >= 4 is 11.6 Å². The maximum absolute atomic E-state index is 12.5. The van der Waals surface area contributed by atoms with Crippen LogP contribution in [0, 0.1) is 0 Å². The highest BCUT2D eigenvalue weighted by Crippen LogP contribution is 2.20. The standard InChI is InChI=1S/C19H30N4O2/c1-3-20-8-14-23(15-9-20)19(24)16-21-10-12-22(13-11-21)17-4-6-18(25-2)7-5-17/h4-7H,3,8-16H2,1-2H3. The number of nitrogens with zero attached hydrogens (tertiary/aromatic N) is 4. The molecule has 0 aromatic heterocycles. The van der Waals surface area contributed by atoms with Crippen LogP contribution in [0.2, 0.25) is 0 Å². The lowest BCUT2D eigenvalue weighted by molar-refractivity contribution is -0.134. The van der Waals surface area contributed by atoms with Crippen LogP contribution in [0.25, 0.3) is 0 Å². The SMILES string of the molecule is CCN1CCN(C(=O)CN2CCN(c3ccc(OC)cc3)CC2)CC1. The highest BCUT2D eigenvalue weighted by Gasteiger charge is 2.24. The minimum Gasteiger partial charge on any atom is -0.497 e. The molecule has 3 rings (SSSR count). The molecule has 0 spiro atoms. The molecule has 2 saturated heterocycles. The van der Waals surface area contributed by atoms with Crippen molar-refractivity contribution in [2.24, 2.45) is 0 Å². The molecule has 2 heterocycles. The number of rotatable bonds is 5. The van der Waals surface area contributed by atoms with Crippen molar-refractivity contribution in [1.82, 2.24) is 14.7 Å². The number of hydrogen-bond acceptors (Lipinski definition) is 5. The molecular weight excluding hydrogens is 316 g/mol. The van der Waals surface area contributed by atoms with Gasteiger partial charge in [-0.3, -0.25) is 9.69 Å². The molecule has 2 fully saturated rings. The number of amides is 1. The molecule has 0 bridgehead atoms. The lowest BCUT2D eigenvalue weighted by Crippen LogP contribution is -2.53. The molecule has 0 unspecified atom stereocenters. The average molecular weight is 346 g/mol. The molecule has 1 aromatic carbocycles. The van der Waals surface area contributed by atoms with Gasteiger partial charge in [0, 0.05) is 58.0 Å². The summed E-state index contributed by atoms with van der Waals surface area (Å²) in [6.45, 7) is 11.4. The fourth-order valence-corrected chi connectivity index (χ4v) is 3.56. The number of piperazine rings is 2. The Bertz CT molecular complexity index is 547. The van der Waals surface area contributed by atoms with Gasteiger partial charge in [0.1, 0.15) is 5.75 Å². The number of benzene rings is 1. The minimum absolute atomic E-state index is 0.286. The first-order valence-electron chi connectivity index (χ1n) is 9.31. The van der Waals surface area contributed by atoms with Gasteiger partial charge >= 0.3 is 0 Å². The van der Waals surface area contributed by atoms with Crippen LogP contribution in [0.15, 0.2) is 24.3 Å². The van der Waals surface area contributed by atoms with Gasteiger partial charge in [0.25, 0.3) is 0 Å². The average Bonchev–Trinajstić information content (AvgIpc) is 2.68. The summed E-state index contributed by atoms with van der Waals surface area (Å²) < 4.78 is 5.22. The Hall–Kier alpha value is -1.79. The first kappa shape index (κ1) is 18.0. The third-order valence-corrected chi connectivity index (χ3v) is 5.34. The molecule has 0 saturated carbocycles. The van der Waals surface area contributed by atoms with E-state index in [1.165, 1.54) is 5.69 Å². The maximum Gasteiger partial charge on any atom is 0.236 e. The smallest absolute Gasteiger partial charge is 0.236 e. The third-order valence-electron chi connectivity index (χ3n) is 5.34. The molecule has 1 amide bonds. The second-order valence-electron chi connectivity index (χ2n) is 6.78. The van der Waals surface area contributed by atoms with Crippen molar-refractivity contribution in [3.8, 4) is 5.75 Å². The molecule has 138 valence electrons. The topological polar surface area (TPSA) is 39.3 Å². The molecule has 2 aliphatic heterocycles. The van der Waals surface area contributed by atoms with Crippen LogP contribution < -0.4 is 9.64 Å². The van der Waals surface area contributed by atoms with Gasteiger partial charge in [0.2, 0.25) is 5.91 Å². The Morgan fingerprint density at radius 3 is 2.08 bits per heavy atom. The van der Waals surface area contributed by atoms with Gasteiger partial charge in [-0.25, -0.2) is 0 Å². The van der Waals surface area contributed by atoms with E-state index >= 15 is 0 Å². The lowest BCUT2D eigenvalue weighted by Gasteiger charge is -2.38. The van der Waals surface area contributed by atoms with Crippen molar-refractivity contribution in [2.75, 3.05) is 77.5 Å². The summed E-state index contributed by atoms with van der Waals surface area (Å²) in [5, 5.41) is 0. The highest BCUT2D eigenvalue weighted by atomic mass is 16.5. The molecule has 0 aliphatic carbocycles. The Balaban J connectivity index is 1.43. The van der Waals surface area contributed by atoms with E-state index in [9.17, 15) is 4.79 Å². The zero-order chi connectivity index (χ0) is 17.6. The van der Waals surface area contributed by atoms with Crippen LogP contribution in [0.4, 0.5) is 5.69 Å². The molecule has 2 aliphatic rings. The number of anilines is 1. The molecule has 6 heteroatoms. The third kappa shape index (κ3) is 4.64. The summed E-state index contributed by atoms with van der Waals surface area (Å²) in [4.78, 5) is 21.6. The second kappa shape index (κ2) is 8.54. The number of carbonyl (C=O) groups is 1. The number of hydrogen-bond donors (Lipinski definition) is 0. The van der Waals surface area contributed by atoms with E-state index in [0.717, 1.165) is 64.7 Å². The molecule has 0 N–H and O–H groups in total. The largest absolute Gasteiger partial charge is 0.497 e. The summed E-state index contributed by atoms with van der Waals surface area (Å²) in [6, 6.07) is 8.21. The van der Waals surface area contributed by atoms with Crippen molar-refractivity contribution in [2.45, 2.75) is 6.92 Å². The normalized spacial score (nSPS) is 19.9. The fraction of sp³-hybridized carbons (Fsp3) is 0.632. The highest BCUT2D eigenvalue weighted by molar-refractivity contribution is 5.78. The van der Waals surface area contributed by atoms with E-state index in [-0.39, 0.29) is 5.91 Å². The van der Waals surface area contributed by atoms with Crippen LogP contribution >= 0.6 is 0 Å². The maximum atomic E-state index is 12.5. The Labute approximate surface area is 150 Å². The van der Waals surface area contributed by atoms with Gasteiger partial charge in [-0.15, -0.1) is 0 Å². The van der Waals surface area contributed by atoms with Crippen molar-refractivity contribution < 1.29 is 9.53 Å². The first-order chi connectivity index (χ1) is 12.2. The van der Waals surface area contributed by atoms with E-state index in [4.69, 9.17) is 4.74 Å². The molecule has 0 atom stereocenters. The second-order valence-corrected chi connectivity index (χ2v) is 6.78. The number of methoxy groups -OCH3 is 1. The summed E-state index contributed by atoms with van der Waals surface area (Å²) in [7, 11) is 1.69. The summed E-state index contributed by atoms with van der Waals surface area (Å²) in [5.74, 6) is 1.17. The lowest BCUT2D eigenvalue weighted by atomic mass is 10.2. The molecule has 0 radical (unpaired) electrons. The van der Waals surface area contributed by atoms with E-state index in [2.05, 4.69) is 33.8 Å². The Morgan fingerprint density at radius 1 is 0.920 bits per heavy atom. The Kier molecular flexibility index (Phi) is 6.15. The minimum atomic E-state index is 0.286. The van der Waals surface area contributed by atoms with Crippen molar-refractivity contribution in [3.05, 3.63) is 24.3 Å². The van der Waals surface area contributed by atoms with Crippen LogP contribution in [0.5, 0.6) is 5.75 Å². The van der Waals surface area contributed by atoms with Crippen LogP contribution in [-0.4, -0.2) is 93.2 Å². The quantitative estimate of drug-likeness (QED) is 0.795. The van der Waals surface area contributed by atoms with E-state index in [0.29, 0.717) is 6.54 Å². The molecule has 6 nitrogen and oxygen atoms in total. The predicted octanol–water partition coefficient (Wildman–Crippen LogP) is 0.981. The monoisotopic (exact) mass is 346 g/mol. The van der Waals surface area contributed by atoms with Gasteiger partial charge in [0.15, 0.2) is 0 Å². The zero-order valence-corrected chi connectivity index (χ0v) is 15.5. The van der Waals surface area contributed by atoms with Crippen LogP contribution in [0.1, 0.15) is 6.92 Å². The van der Waals surface area contributed by atoms with E-state index in [1.807, 2.05) is 17.0 Å². The van der Waals surface area contributed by atoms with Gasteiger partial charge in [0.05, 0.1) is 13.7 Å². The van der Waals surface area contributed by atoms with E-state index in [1.54, 1.807) is 7.11 Å². The van der Waals surface area contributed by atoms with Gasteiger partial charge < -0.3 is 19.4 Å². The number of ether oxygens (including phenoxy) is 1. The van der Waals surface area contributed by atoms with Crippen molar-refractivity contribution in [1.29, 1.82) is 0 Å². The summed E-state index contributed by atoms with van der Waals surface area (Å²) in [6.07, 6.45) is 0. The number of likely N-dealkylation sites (N-methyl/N-ethyl adjacent to an activating group) is 1. The van der Waals surface area contributed by atoms with Crippen LogP contribution in [-0.2, 0) is 4.79 Å². The number of carbonyl (C=O) groups excluding carboxylic acids is 1. The summed E-state index contributed by atoms with van der Waals surface area (Å²) >= 11 is 0. The molecular formula is C19H30N4O2. The summed E-state index contributed by atoms with van der Waals surface area (Å²) in [5.41, 5.74) is 1.22. The first-order valence-corrected chi connectivity index (χ1v) is 9.31.